The van der Waals surface area contributed by atoms with Crippen LogP contribution < -0.4 is 5.32 Å². The Hall–Kier alpha value is -1.88. The largest absolute Gasteiger partial charge is 0.479 e. The molecule has 0 heterocycles. The van der Waals surface area contributed by atoms with Crippen LogP contribution in [0.4, 0.5) is 0 Å². The lowest BCUT2D eigenvalue weighted by Crippen LogP contribution is -2.56. The molecule has 0 aromatic heterocycles. The van der Waals surface area contributed by atoms with Crippen molar-refractivity contribution in [1.82, 2.24) is 5.32 Å². The lowest BCUT2D eigenvalue weighted by atomic mass is 9.97. The van der Waals surface area contributed by atoms with Crippen molar-refractivity contribution >= 4 is 11.9 Å². The van der Waals surface area contributed by atoms with Gasteiger partial charge < -0.3 is 15.2 Å². The summed E-state index contributed by atoms with van der Waals surface area (Å²) in [7, 11) is 1.41. The number of nitrogens with one attached hydrogen (secondary N) is 1. The first kappa shape index (κ1) is 18.2. The minimum Gasteiger partial charge on any atom is -0.479 e. The minimum absolute atomic E-state index is 0.0647. The second-order valence-electron chi connectivity index (χ2n) is 5.84. The molecular weight excluding hydrogens is 282 g/mol. The molecule has 0 fully saturated rings. The van der Waals surface area contributed by atoms with Crippen LogP contribution in [-0.2, 0) is 20.7 Å². The Bertz CT molecular complexity index is 489. The first-order valence-electron chi connectivity index (χ1n) is 7.47. The molecule has 0 bridgehead atoms. The molecule has 0 aliphatic carbocycles. The number of rotatable bonds is 9. The standard InChI is InChI=1S/C17H25NO4/c1-13(8-7-11-14-9-5-4-6-10-14)15(19)18-17(2,12-22-3)16(20)21/h4-6,9-10,13H,7-8,11-12H2,1-3H3,(H,18,19)(H,20,21). The molecule has 0 radical (unpaired) electrons. The molecule has 1 rings (SSSR count). The van der Waals surface area contributed by atoms with Gasteiger partial charge in [0.2, 0.25) is 5.91 Å². The van der Waals surface area contributed by atoms with Gasteiger partial charge >= 0.3 is 5.97 Å². The Balaban J connectivity index is 2.45. The van der Waals surface area contributed by atoms with E-state index in [0.717, 1.165) is 12.8 Å². The van der Waals surface area contributed by atoms with Crippen LogP contribution in [0.25, 0.3) is 0 Å². The molecule has 0 aliphatic heterocycles. The first-order valence-corrected chi connectivity index (χ1v) is 7.47. The van der Waals surface area contributed by atoms with Crippen LogP contribution in [0.15, 0.2) is 30.3 Å². The Morgan fingerprint density at radius 2 is 1.95 bits per heavy atom. The van der Waals surface area contributed by atoms with E-state index in [1.165, 1.54) is 19.6 Å². The van der Waals surface area contributed by atoms with Crippen molar-refractivity contribution < 1.29 is 19.4 Å². The Morgan fingerprint density at radius 1 is 1.32 bits per heavy atom. The highest BCUT2D eigenvalue weighted by Crippen LogP contribution is 2.13. The van der Waals surface area contributed by atoms with E-state index in [1.807, 2.05) is 25.1 Å². The fourth-order valence-corrected chi connectivity index (χ4v) is 2.22. The van der Waals surface area contributed by atoms with E-state index in [9.17, 15) is 14.7 Å². The maximum Gasteiger partial charge on any atom is 0.331 e. The molecule has 1 amide bonds. The van der Waals surface area contributed by atoms with E-state index in [1.54, 1.807) is 0 Å². The lowest BCUT2D eigenvalue weighted by Gasteiger charge is -2.27. The van der Waals surface area contributed by atoms with Crippen LogP contribution >= 0.6 is 0 Å². The zero-order valence-corrected chi connectivity index (χ0v) is 13.5. The first-order chi connectivity index (χ1) is 10.4. The number of ether oxygens (including phenoxy) is 1. The van der Waals surface area contributed by atoms with E-state index in [4.69, 9.17) is 4.74 Å². The number of hydrogen-bond acceptors (Lipinski definition) is 3. The van der Waals surface area contributed by atoms with E-state index >= 15 is 0 Å². The predicted octanol–water partition coefficient (Wildman–Crippen LogP) is 2.25. The van der Waals surface area contributed by atoms with Crippen LogP contribution in [0, 0.1) is 5.92 Å². The Morgan fingerprint density at radius 3 is 2.50 bits per heavy atom. The molecule has 0 saturated heterocycles. The molecule has 2 atom stereocenters. The van der Waals surface area contributed by atoms with Gasteiger partial charge in [-0.25, -0.2) is 4.79 Å². The zero-order valence-electron chi connectivity index (χ0n) is 13.5. The lowest BCUT2D eigenvalue weighted by molar-refractivity contribution is -0.149. The summed E-state index contributed by atoms with van der Waals surface area (Å²) in [6, 6.07) is 10.1. The number of benzene rings is 1. The topological polar surface area (TPSA) is 75.6 Å². The van der Waals surface area contributed by atoms with Crippen LogP contribution in [0.3, 0.4) is 0 Å². The number of methoxy groups -OCH3 is 1. The van der Waals surface area contributed by atoms with E-state index in [0.29, 0.717) is 6.42 Å². The van der Waals surface area contributed by atoms with Crippen molar-refractivity contribution in [2.24, 2.45) is 5.92 Å². The molecule has 0 aliphatic rings. The van der Waals surface area contributed by atoms with Crippen LogP contribution in [0.5, 0.6) is 0 Å². The van der Waals surface area contributed by atoms with E-state index < -0.39 is 11.5 Å². The number of aliphatic carboxylic acids is 1. The van der Waals surface area contributed by atoms with Gasteiger partial charge in [0.1, 0.15) is 0 Å². The molecular formula is C17H25NO4. The van der Waals surface area contributed by atoms with Gasteiger partial charge in [-0.2, -0.15) is 0 Å². The zero-order chi connectivity index (χ0) is 16.6. The third-order valence-electron chi connectivity index (χ3n) is 3.70. The van der Waals surface area contributed by atoms with Gasteiger partial charge in [0.15, 0.2) is 5.54 Å². The molecule has 1 aromatic rings. The summed E-state index contributed by atoms with van der Waals surface area (Å²) in [4.78, 5) is 23.4. The van der Waals surface area contributed by atoms with E-state index in [-0.39, 0.29) is 18.4 Å². The monoisotopic (exact) mass is 307 g/mol. The molecule has 5 heteroatoms. The maximum atomic E-state index is 12.2. The molecule has 0 spiro atoms. The summed E-state index contributed by atoms with van der Waals surface area (Å²) in [6.45, 7) is 3.20. The molecule has 1 aromatic carbocycles. The predicted molar refractivity (Wildman–Crippen MR) is 84.6 cm³/mol. The molecule has 2 N–H and O–H groups in total. The summed E-state index contributed by atoms with van der Waals surface area (Å²) in [6.07, 6.45) is 2.50. The fourth-order valence-electron chi connectivity index (χ4n) is 2.22. The summed E-state index contributed by atoms with van der Waals surface area (Å²) in [5.74, 6) is -1.59. The van der Waals surface area contributed by atoms with Gasteiger partial charge in [-0.1, -0.05) is 37.3 Å². The number of carbonyl (C=O) groups is 2. The Labute approximate surface area is 131 Å². The third kappa shape index (κ3) is 5.48. The van der Waals surface area contributed by atoms with Crippen LogP contribution in [0.1, 0.15) is 32.3 Å². The van der Waals surface area contributed by atoms with Crippen molar-refractivity contribution in [3.05, 3.63) is 35.9 Å². The van der Waals surface area contributed by atoms with Crippen molar-refractivity contribution in [3.8, 4) is 0 Å². The molecule has 122 valence electrons. The van der Waals surface area contributed by atoms with Gasteiger partial charge in [0.05, 0.1) is 6.61 Å². The summed E-state index contributed by atoms with van der Waals surface area (Å²) in [5.41, 5.74) is -0.149. The summed E-state index contributed by atoms with van der Waals surface area (Å²) < 4.78 is 4.89. The van der Waals surface area contributed by atoms with Gasteiger partial charge in [-0.05, 0) is 31.7 Å². The van der Waals surface area contributed by atoms with Crippen molar-refractivity contribution in [3.63, 3.8) is 0 Å². The molecule has 5 nitrogen and oxygen atoms in total. The molecule has 2 unspecified atom stereocenters. The number of carboxylic acids is 1. The van der Waals surface area contributed by atoms with Crippen LogP contribution in [0.2, 0.25) is 0 Å². The average molecular weight is 307 g/mol. The SMILES string of the molecule is COCC(C)(NC(=O)C(C)CCCc1ccccc1)C(=O)O. The van der Waals surface area contributed by atoms with Gasteiger partial charge in [-0.3, -0.25) is 4.79 Å². The van der Waals surface area contributed by atoms with Gasteiger partial charge in [-0.15, -0.1) is 0 Å². The highest BCUT2D eigenvalue weighted by Gasteiger charge is 2.35. The molecule has 0 saturated carbocycles. The second-order valence-corrected chi connectivity index (χ2v) is 5.84. The number of amides is 1. The normalized spacial score (nSPS) is 14.9. The van der Waals surface area contributed by atoms with Crippen molar-refractivity contribution in [1.29, 1.82) is 0 Å². The minimum atomic E-state index is -1.39. The second kappa shape index (κ2) is 8.54. The van der Waals surface area contributed by atoms with Crippen molar-refractivity contribution in [2.45, 2.75) is 38.6 Å². The Kier molecular flexibility index (Phi) is 7.05. The smallest absolute Gasteiger partial charge is 0.331 e. The van der Waals surface area contributed by atoms with Crippen LogP contribution in [-0.4, -0.2) is 36.2 Å². The summed E-state index contributed by atoms with van der Waals surface area (Å²) >= 11 is 0. The van der Waals surface area contributed by atoms with Gasteiger partial charge in [0.25, 0.3) is 0 Å². The number of carbonyl (C=O) groups excluding carboxylic acids is 1. The third-order valence-corrected chi connectivity index (χ3v) is 3.70. The quantitative estimate of drug-likeness (QED) is 0.733. The summed E-state index contributed by atoms with van der Waals surface area (Å²) in [5, 5.41) is 11.8. The number of aryl methyl sites for hydroxylation is 1. The van der Waals surface area contributed by atoms with E-state index in [2.05, 4.69) is 17.4 Å². The highest BCUT2D eigenvalue weighted by atomic mass is 16.5. The van der Waals surface area contributed by atoms with Gasteiger partial charge in [0, 0.05) is 13.0 Å². The number of hydrogen-bond donors (Lipinski definition) is 2. The number of carboxylic acid groups (broad SMARTS) is 1. The average Bonchev–Trinajstić information content (AvgIpc) is 2.48. The molecule has 22 heavy (non-hydrogen) atoms. The maximum absolute atomic E-state index is 12.2. The van der Waals surface area contributed by atoms with Crippen molar-refractivity contribution in [2.75, 3.05) is 13.7 Å². The highest BCUT2D eigenvalue weighted by molar-refractivity contribution is 5.87. The fraction of sp³-hybridized carbons (Fsp3) is 0.529.